The van der Waals surface area contributed by atoms with Crippen molar-refractivity contribution in [2.45, 2.75) is 51.9 Å². The second-order valence-corrected chi connectivity index (χ2v) is 5.14. The minimum Gasteiger partial charge on any atom is -0.294 e. The lowest BCUT2D eigenvalue weighted by molar-refractivity contribution is -0.169. The van der Waals surface area contributed by atoms with Crippen LogP contribution in [0.1, 0.15) is 39.5 Å². The lowest BCUT2D eigenvalue weighted by atomic mass is 10.2. The van der Waals surface area contributed by atoms with Crippen molar-refractivity contribution in [2.24, 2.45) is 9.98 Å². The first-order chi connectivity index (χ1) is 10.8. The molecule has 0 aromatic rings. The summed E-state index contributed by atoms with van der Waals surface area (Å²) in [5.74, 6) is -3.73. The Morgan fingerprint density at radius 1 is 0.708 bits per heavy atom. The number of hydrogen-bond donors (Lipinski definition) is 0. The summed E-state index contributed by atoms with van der Waals surface area (Å²) >= 11 is 0. The van der Waals surface area contributed by atoms with Gasteiger partial charge in [-0.15, -0.1) is 0 Å². The average molecular weight is 360 g/mol. The Balaban J connectivity index is 4.06. The van der Waals surface area contributed by atoms with Gasteiger partial charge in [0.2, 0.25) is 11.6 Å². The summed E-state index contributed by atoms with van der Waals surface area (Å²) in [6.07, 6.45) is -10.4. The molecule has 0 aromatic heterocycles. The largest absolute Gasteiger partial charge is 0.450 e. The quantitative estimate of drug-likeness (QED) is 0.357. The van der Waals surface area contributed by atoms with Gasteiger partial charge in [0.15, 0.2) is 0 Å². The molecule has 10 heteroatoms. The number of rotatable bonds is 9. The van der Waals surface area contributed by atoms with E-state index < -0.39 is 36.8 Å². The van der Waals surface area contributed by atoms with E-state index >= 15 is 0 Å². The van der Waals surface area contributed by atoms with Crippen molar-refractivity contribution in [2.75, 3.05) is 13.1 Å². The maximum atomic E-state index is 12.0. The van der Waals surface area contributed by atoms with E-state index in [1.807, 2.05) is 0 Å². The van der Waals surface area contributed by atoms with Gasteiger partial charge in [-0.3, -0.25) is 19.6 Å². The van der Waals surface area contributed by atoms with Crippen molar-refractivity contribution < 1.29 is 35.9 Å². The number of hydrogen-bond acceptors (Lipinski definition) is 4. The molecule has 0 amide bonds. The molecule has 0 spiro atoms. The Bertz CT molecular complexity index is 460. The van der Waals surface area contributed by atoms with Crippen LogP contribution < -0.4 is 0 Å². The van der Waals surface area contributed by atoms with Gasteiger partial charge in [0.25, 0.3) is 0 Å². The normalized spacial score (nSPS) is 14.0. The Morgan fingerprint density at radius 2 is 1.00 bits per heavy atom. The van der Waals surface area contributed by atoms with Gasteiger partial charge in [0.05, 0.1) is 12.8 Å². The second kappa shape index (κ2) is 9.53. The molecule has 0 bridgehead atoms. The van der Waals surface area contributed by atoms with Crippen molar-refractivity contribution in [3.05, 3.63) is 0 Å². The lowest BCUT2D eigenvalue weighted by Gasteiger charge is -2.05. The van der Waals surface area contributed by atoms with E-state index in [0.29, 0.717) is 12.8 Å². The minimum absolute atomic E-state index is 0.0628. The van der Waals surface area contributed by atoms with E-state index in [0.717, 1.165) is 0 Å². The van der Waals surface area contributed by atoms with Crippen molar-refractivity contribution in [1.82, 2.24) is 0 Å². The van der Waals surface area contributed by atoms with Gasteiger partial charge in [-0.1, -0.05) is 0 Å². The van der Waals surface area contributed by atoms with Crippen LogP contribution >= 0.6 is 0 Å². The first kappa shape index (κ1) is 22.3. The first-order valence-corrected chi connectivity index (χ1v) is 7.04. The molecule has 24 heavy (non-hydrogen) atoms. The Morgan fingerprint density at radius 3 is 1.25 bits per heavy atom. The molecule has 0 aliphatic carbocycles. The summed E-state index contributed by atoms with van der Waals surface area (Å²) in [4.78, 5) is 29.1. The number of aliphatic imine (C=N–C) groups is 2. The van der Waals surface area contributed by atoms with Gasteiger partial charge in [0, 0.05) is 24.5 Å². The van der Waals surface area contributed by atoms with E-state index in [-0.39, 0.29) is 24.5 Å². The molecule has 0 radical (unpaired) electrons. The lowest BCUT2D eigenvalue weighted by Crippen LogP contribution is -2.24. The predicted octanol–water partition coefficient (Wildman–Crippen LogP) is 3.73. The Hall–Kier alpha value is -1.74. The fourth-order valence-corrected chi connectivity index (χ4v) is 1.54. The van der Waals surface area contributed by atoms with Gasteiger partial charge < -0.3 is 0 Å². The van der Waals surface area contributed by atoms with Crippen molar-refractivity contribution in [1.29, 1.82) is 0 Å². The van der Waals surface area contributed by atoms with E-state index in [1.54, 1.807) is 0 Å². The zero-order chi connectivity index (χ0) is 19.0. The number of carbonyl (C=O) groups is 2. The molecule has 0 rings (SSSR count). The summed E-state index contributed by atoms with van der Waals surface area (Å²) in [5.41, 5.74) is 0.126. The fourth-order valence-electron chi connectivity index (χ4n) is 1.54. The summed E-state index contributed by atoms with van der Waals surface area (Å²) in [5, 5.41) is 0. The molecule has 0 heterocycles. The maximum Gasteiger partial charge on any atom is 0.450 e. The topological polar surface area (TPSA) is 58.9 Å². The second-order valence-electron chi connectivity index (χ2n) is 5.14. The molecule has 138 valence electrons. The third-order valence-electron chi connectivity index (χ3n) is 2.79. The van der Waals surface area contributed by atoms with Gasteiger partial charge in [-0.2, -0.15) is 26.3 Å². The molecule has 0 fully saturated rings. The molecule has 0 unspecified atom stereocenters. The number of nitrogens with zero attached hydrogens (tertiary/aromatic N) is 2. The SMILES string of the molecule is CC(CC(=O)C(F)(F)F)=NCCCCN=C(C)CC(=O)C(F)(F)F. The number of Topliss-reactive ketones (excluding diaryl/α,β-unsaturated/α-hetero) is 2. The van der Waals surface area contributed by atoms with Crippen molar-refractivity contribution >= 4 is 23.0 Å². The van der Waals surface area contributed by atoms with E-state index in [2.05, 4.69) is 9.98 Å². The van der Waals surface area contributed by atoms with Gasteiger partial charge in [-0.25, -0.2) is 0 Å². The third-order valence-corrected chi connectivity index (χ3v) is 2.79. The summed E-state index contributed by atoms with van der Waals surface area (Å²) in [6, 6.07) is 0. The summed E-state index contributed by atoms with van der Waals surface area (Å²) < 4.78 is 72.1. The van der Waals surface area contributed by atoms with Crippen molar-refractivity contribution in [3.63, 3.8) is 0 Å². The highest BCUT2D eigenvalue weighted by molar-refractivity contribution is 6.03. The van der Waals surface area contributed by atoms with Gasteiger partial charge in [0.1, 0.15) is 0 Å². The Labute approximate surface area is 135 Å². The average Bonchev–Trinajstić information content (AvgIpc) is 2.40. The number of carbonyl (C=O) groups excluding carboxylic acids is 2. The maximum absolute atomic E-state index is 12.0. The Kier molecular flexibility index (Phi) is 8.84. The van der Waals surface area contributed by atoms with Gasteiger partial charge >= 0.3 is 12.4 Å². The molecule has 0 saturated heterocycles. The predicted molar refractivity (Wildman–Crippen MR) is 76.5 cm³/mol. The number of halogens is 6. The number of unbranched alkanes of at least 4 members (excludes halogenated alkanes) is 1. The van der Waals surface area contributed by atoms with Crippen LogP contribution in [0.4, 0.5) is 26.3 Å². The van der Waals surface area contributed by atoms with Crippen molar-refractivity contribution in [3.8, 4) is 0 Å². The van der Waals surface area contributed by atoms with Crippen LogP contribution in [-0.2, 0) is 9.59 Å². The van der Waals surface area contributed by atoms with E-state index in [9.17, 15) is 35.9 Å². The van der Waals surface area contributed by atoms with Crippen LogP contribution in [0.25, 0.3) is 0 Å². The standard InChI is InChI=1S/C14H18F6N2O2/c1-9(7-11(23)13(15,16)17)21-5-3-4-6-22-10(2)8-12(24)14(18,19)20/h3-8H2,1-2H3. The molecular formula is C14H18F6N2O2. The fraction of sp³-hybridized carbons (Fsp3) is 0.714. The van der Waals surface area contributed by atoms with Crippen LogP contribution in [0.3, 0.4) is 0 Å². The molecule has 4 nitrogen and oxygen atoms in total. The molecule has 0 N–H and O–H groups in total. The molecule has 0 saturated carbocycles. The van der Waals surface area contributed by atoms with Gasteiger partial charge in [-0.05, 0) is 26.7 Å². The highest BCUT2D eigenvalue weighted by Gasteiger charge is 2.38. The molecular weight excluding hydrogens is 342 g/mol. The van der Waals surface area contributed by atoms with Crippen LogP contribution in [0, 0.1) is 0 Å². The summed E-state index contributed by atoms with van der Waals surface area (Å²) in [6.45, 7) is 3.00. The van der Waals surface area contributed by atoms with Crippen LogP contribution in [-0.4, -0.2) is 48.4 Å². The zero-order valence-corrected chi connectivity index (χ0v) is 13.2. The highest BCUT2D eigenvalue weighted by Crippen LogP contribution is 2.18. The van der Waals surface area contributed by atoms with E-state index in [1.165, 1.54) is 13.8 Å². The molecule has 0 aromatic carbocycles. The number of alkyl halides is 6. The van der Waals surface area contributed by atoms with Crippen LogP contribution in [0.15, 0.2) is 9.98 Å². The minimum atomic E-state index is -4.88. The number of ketones is 2. The monoisotopic (exact) mass is 360 g/mol. The zero-order valence-electron chi connectivity index (χ0n) is 13.2. The highest BCUT2D eigenvalue weighted by atomic mass is 19.4. The molecule has 0 atom stereocenters. The summed E-state index contributed by atoms with van der Waals surface area (Å²) in [7, 11) is 0. The smallest absolute Gasteiger partial charge is 0.294 e. The van der Waals surface area contributed by atoms with Crippen LogP contribution in [0.2, 0.25) is 0 Å². The molecule has 0 aliphatic heterocycles. The van der Waals surface area contributed by atoms with Crippen LogP contribution in [0.5, 0.6) is 0 Å². The third kappa shape index (κ3) is 10.1. The van der Waals surface area contributed by atoms with E-state index in [4.69, 9.17) is 0 Å². The first-order valence-electron chi connectivity index (χ1n) is 7.04. The molecule has 0 aliphatic rings.